The van der Waals surface area contributed by atoms with Crippen LogP contribution in [0.1, 0.15) is 42.1 Å². The molecule has 3 N–H and O–H groups in total. The molecule has 0 spiro atoms. The summed E-state index contributed by atoms with van der Waals surface area (Å²) in [6, 6.07) is 0. The van der Waals surface area contributed by atoms with Crippen LogP contribution in [-0.2, 0) is 12.8 Å². The second-order valence-corrected chi connectivity index (χ2v) is 4.61. The summed E-state index contributed by atoms with van der Waals surface area (Å²) in [5, 5.41) is 7.68. The third-order valence-electron chi connectivity index (χ3n) is 3.66. The topological polar surface area (TPSA) is 54.7 Å². The van der Waals surface area contributed by atoms with Gasteiger partial charge in [0.15, 0.2) is 0 Å². The maximum absolute atomic E-state index is 5.67. The number of hydrogen-bond acceptors (Lipinski definition) is 2. The van der Waals surface area contributed by atoms with Crippen LogP contribution in [0.25, 0.3) is 0 Å². The first-order valence-corrected chi connectivity index (χ1v) is 5.66. The molecule has 0 bridgehead atoms. The van der Waals surface area contributed by atoms with Crippen LogP contribution in [0, 0.1) is 5.92 Å². The Bertz CT molecular complexity index is 342. The molecule has 14 heavy (non-hydrogen) atoms. The molecule has 2 aliphatic rings. The van der Waals surface area contributed by atoms with Crippen LogP contribution in [0.4, 0.5) is 0 Å². The fourth-order valence-electron chi connectivity index (χ4n) is 2.66. The van der Waals surface area contributed by atoms with Crippen molar-refractivity contribution < 1.29 is 0 Å². The van der Waals surface area contributed by atoms with Crippen LogP contribution >= 0.6 is 0 Å². The number of nitrogens with two attached hydrogens (primary N) is 1. The maximum atomic E-state index is 5.67. The van der Waals surface area contributed by atoms with Crippen molar-refractivity contribution in [2.24, 2.45) is 11.7 Å². The van der Waals surface area contributed by atoms with E-state index < -0.39 is 0 Å². The molecule has 0 saturated heterocycles. The average molecular weight is 191 g/mol. The van der Waals surface area contributed by atoms with Crippen LogP contribution in [0.15, 0.2) is 0 Å². The summed E-state index contributed by atoms with van der Waals surface area (Å²) in [6.07, 6.45) is 6.34. The Morgan fingerprint density at radius 1 is 1.36 bits per heavy atom. The van der Waals surface area contributed by atoms with Crippen molar-refractivity contribution in [2.75, 3.05) is 6.54 Å². The summed E-state index contributed by atoms with van der Waals surface area (Å²) >= 11 is 0. The molecule has 0 aliphatic heterocycles. The fourth-order valence-corrected chi connectivity index (χ4v) is 2.66. The highest BCUT2D eigenvalue weighted by molar-refractivity contribution is 5.33. The Labute approximate surface area is 84.1 Å². The van der Waals surface area contributed by atoms with E-state index in [2.05, 4.69) is 10.2 Å². The second-order valence-electron chi connectivity index (χ2n) is 4.61. The molecule has 0 aromatic carbocycles. The Balaban J connectivity index is 1.88. The van der Waals surface area contributed by atoms with Crippen LogP contribution in [0.3, 0.4) is 0 Å². The van der Waals surface area contributed by atoms with Gasteiger partial charge in [-0.2, -0.15) is 5.10 Å². The molecule has 0 amide bonds. The number of nitrogens with one attached hydrogen (secondary N) is 1. The summed E-state index contributed by atoms with van der Waals surface area (Å²) in [4.78, 5) is 0. The fraction of sp³-hybridized carbons (Fsp3) is 0.727. The van der Waals surface area contributed by atoms with E-state index in [1.54, 1.807) is 0 Å². The minimum Gasteiger partial charge on any atom is -0.330 e. The van der Waals surface area contributed by atoms with Gasteiger partial charge in [-0.15, -0.1) is 0 Å². The van der Waals surface area contributed by atoms with E-state index in [1.165, 1.54) is 49.1 Å². The molecule has 3 rings (SSSR count). The molecule has 76 valence electrons. The molecular formula is C11H17N3. The third kappa shape index (κ3) is 1.19. The molecule has 3 nitrogen and oxygen atoms in total. The van der Waals surface area contributed by atoms with Crippen molar-refractivity contribution in [3.63, 3.8) is 0 Å². The van der Waals surface area contributed by atoms with Crippen LogP contribution in [0.2, 0.25) is 0 Å². The Hall–Kier alpha value is -0.830. The highest BCUT2D eigenvalue weighted by atomic mass is 15.1. The lowest BCUT2D eigenvalue weighted by Gasteiger charge is -2.10. The van der Waals surface area contributed by atoms with Gasteiger partial charge in [-0.3, -0.25) is 5.10 Å². The maximum Gasteiger partial charge on any atom is 0.0691 e. The summed E-state index contributed by atoms with van der Waals surface area (Å²) in [7, 11) is 0. The highest BCUT2D eigenvalue weighted by Crippen LogP contribution is 2.48. The number of fused-ring (bicyclic) bond motifs is 1. The molecule has 2 aliphatic carbocycles. The van der Waals surface area contributed by atoms with Gasteiger partial charge in [0.05, 0.1) is 5.69 Å². The summed E-state index contributed by atoms with van der Waals surface area (Å²) in [5.74, 6) is 1.39. The molecular weight excluding hydrogens is 174 g/mol. The van der Waals surface area contributed by atoms with Crippen molar-refractivity contribution in [3.05, 3.63) is 17.0 Å². The first-order valence-electron chi connectivity index (χ1n) is 5.66. The van der Waals surface area contributed by atoms with Gasteiger partial charge < -0.3 is 5.73 Å². The monoisotopic (exact) mass is 191 g/mol. The highest BCUT2D eigenvalue weighted by Gasteiger charge is 2.40. The zero-order valence-corrected chi connectivity index (χ0v) is 8.42. The Morgan fingerprint density at radius 3 is 3.00 bits per heavy atom. The number of aromatic amines is 1. The van der Waals surface area contributed by atoms with E-state index in [-0.39, 0.29) is 0 Å². The quantitative estimate of drug-likeness (QED) is 0.741. The summed E-state index contributed by atoms with van der Waals surface area (Å²) in [5.41, 5.74) is 9.93. The molecule has 1 aromatic rings. The lowest BCUT2D eigenvalue weighted by Crippen LogP contribution is -2.05. The normalized spacial score (nSPS) is 30.1. The lowest BCUT2D eigenvalue weighted by molar-refractivity contribution is 0.671. The van der Waals surface area contributed by atoms with Crippen LogP contribution in [-0.4, -0.2) is 16.7 Å². The van der Waals surface area contributed by atoms with Gasteiger partial charge in [-0.1, -0.05) is 0 Å². The molecule has 1 saturated carbocycles. The zero-order valence-electron chi connectivity index (χ0n) is 8.42. The predicted molar refractivity (Wildman–Crippen MR) is 55.1 cm³/mol. The second kappa shape index (κ2) is 3.09. The van der Waals surface area contributed by atoms with Gasteiger partial charge in [-0.05, 0) is 50.1 Å². The Kier molecular flexibility index (Phi) is 1.87. The first kappa shape index (κ1) is 8.48. The molecule has 1 fully saturated rings. The van der Waals surface area contributed by atoms with E-state index in [0.29, 0.717) is 11.8 Å². The summed E-state index contributed by atoms with van der Waals surface area (Å²) in [6.45, 7) is 0.826. The lowest BCUT2D eigenvalue weighted by atomic mass is 9.94. The van der Waals surface area contributed by atoms with Gasteiger partial charge in [0.25, 0.3) is 0 Å². The Morgan fingerprint density at radius 2 is 2.21 bits per heavy atom. The van der Waals surface area contributed by atoms with E-state index in [0.717, 1.165) is 6.54 Å². The van der Waals surface area contributed by atoms with E-state index >= 15 is 0 Å². The van der Waals surface area contributed by atoms with Gasteiger partial charge in [0, 0.05) is 11.6 Å². The minimum atomic E-state index is 0.679. The SMILES string of the molecule is NC[C@@H]1C[C@H]1c1n[nH]c2c1CCCC2. The van der Waals surface area contributed by atoms with Gasteiger partial charge in [0.1, 0.15) is 0 Å². The van der Waals surface area contributed by atoms with Crippen molar-refractivity contribution in [1.29, 1.82) is 0 Å². The zero-order chi connectivity index (χ0) is 9.54. The predicted octanol–water partition coefficient (Wildman–Crippen LogP) is 1.35. The first-order chi connectivity index (χ1) is 6.90. The van der Waals surface area contributed by atoms with Crippen molar-refractivity contribution in [3.8, 4) is 0 Å². The third-order valence-corrected chi connectivity index (χ3v) is 3.66. The number of aryl methyl sites for hydroxylation is 1. The van der Waals surface area contributed by atoms with E-state index in [4.69, 9.17) is 5.73 Å². The van der Waals surface area contributed by atoms with Crippen LogP contribution < -0.4 is 5.73 Å². The number of H-pyrrole nitrogens is 1. The van der Waals surface area contributed by atoms with Crippen molar-refractivity contribution >= 4 is 0 Å². The number of hydrogen-bond donors (Lipinski definition) is 2. The molecule has 1 aromatic heterocycles. The molecule has 3 heteroatoms. The summed E-state index contributed by atoms with van der Waals surface area (Å²) < 4.78 is 0. The number of nitrogens with zero attached hydrogens (tertiary/aromatic N) is 1. The molecule has 0 radical (unpaired) electrons. The van der Waals surface area contributed by atoms with Crippen molar-refractivity contribution in [1.82, 2.24) is 10.2 Å². The van der Waals surface area contributed by atoms with E-state index in [9.17, 15) is 0 Å². The van der Waals surface area contributed by atoms with Gasteiger partial charge in [0.2, 0.25) is 0 Å². The molecule has 0 unspecified atom stereocenters. The smallest absolute Gasteiger partial charge is 0.0691 e. The van der Waals surface area contributed by atoms with Crippen LogP contribution in [0.5, 0.6) is 0 Å². The average Bonchev–Trinajstić information content (AvgIpc) is 2.90. The molecule has 1 heterocycles. The van der Waals surface area contributed by atoms with Gasteiger partial charge >= 0.3 is 0 Å². The van der Waals surface area contributed by atoms with Gasteiger partial charge in [-0.25, -0.2) is 0 Å². The number of rotatable bonds is 2. The largest absolute Gasteiger partial charge is 0.330 e. The minimum absolute atomic E-state index is 0.679. The standard InChI is InChI=1S/C11H17N3/c12-6-7-5-9(7)11-8-3-1-2-4-10(8)13-14-11/h7,9H,1-6,12H2,(H,13,14)/t7-,9+/m0/s1. The molecule has 2 atom stereocenters. The van der Waals surface area contributed by atoms with E-state index in [1.807, 2.05) is 0 Å². The number of aromatic nitrogens is 2. The van der Waals surface area contributed by atoms with Crippen molar-refractivity contribution in [2.45, 2.75) is 38.0 Å².